The molecule has 0 saturated heterocycles. The van der Waals surface area contributed by atoms with Gasteiger partial charge < -0.3 is 38.8 Å². The topological polar surface area (TPSA) is 159 Å². The number of methoxy groups -OCH3 is 2. The molecule has 218 valence electrons. The zero-order chi connectivity index (χ0) is 30.1. The van der Waals surface area contributed by atoms with Crippen LogP contribution in [-0.2, 0) is 20.9 Å². The molecule has 2 amide bonds. The Kier molecular flexibility index (Phi) is 7.57. The van der Waals surface area contributed by atoms with Crippen molar-refractivity contribution in [1.29, 1.82) is 0 Å². The van der Waals surface area contributed by atoms with Gasteiger partial charge in [0.2, 0.25) is 18.6 Å². The molecule has 1 aliphatic rings. The molecule has 0 unspecified atom stereocenters. The molecule has 5 rings (SSSR count). The minimum Gasteiger partial charge on any atom is -0.493 e. The number of carbonyl (C=O) groups excluding carboxylic acids is 2. The molecule has 0 atom stereocenters. The minimum absolute atomic E-state index is 0.0460. The number of hydrogen-bond donors (Lipinski definition) is 2. The number of amides is 2. The van der Waals surface area contributed by atoms with Crippen molar-refractivity contribution in [1.82, 2.24) is 19.8 Å². The van der Waals surface area contributed by atoms with Crippen LogP contribution in [-0.4, -0.2) is 79.0 Å². The van der Waals surface area contributed by atoms with Gasteiger partial charge in [-0.3, -0.25) is 19.4 Å². The van der Waals surface area contributed by atoms with E-state index in [1.165, 1.54) is 33.2 Å². The van der Waals surface area contributed by atoms with Crippen molar-refractivity contribution in [2.45, 2.75) is 13.0 Å². The largest absolute Gasteiger partial charge is 0.493 e. The summed E-state index contributed by atoms with van der Waals surface area (Å²) in [5.74, 6) is -0.676. The SMILES string of the molecule is CNC(=O)C/C(=C/C(=O)N(C)CCn1c(=O)c2cc(OC)c(OC)cc2c2cnc3cc4c(cc3c21)OCO4)C(=O)O. The van der Waals surface area contributed by atoms with Crippen LogP contribution >= 0.6 is 0 Å². The van der Waals surface area contributed by atoms with Crippen LogP contribution in [0.25, 0.3) is 32.6 Å². The first kappa shape index (κ1) is 28.2. The van der Waals surface area contributed by atoms with Crippen molar-refractivity contribution in [3.63, 3.8) is 0 Å². The molecule has 0 bridgehead atoms. The highest BCUT2D eigenvalue weighted by molar-refractivity contribution is 6.15. The Bertz CT molecular complexity index is 1860. The number of pyridine rings is 2. The summed E-state index contributed by atoms with van der Waals surface area (Å²) < 4.78 is 23.6. The lowest BCUT2D eigenvalue weighted by molar-refractivity contribution is -0.134. The van der Waals surface area contributed by atoms with E-state index in [1.807, 2.05) is 0 Å². The Morgan fingerprint density at radius 1 is 1.05 bits per heavy atom. The summed E-state index contributed by atoms with van der Waals surface area (Å²) in [6, 6.07) is 6.84. The number of nitrogens with zero attached hydrogens (tertiary/aromatic N) is 3. The second-order valence-electron chi connectivity index (χ2n) is 9.54. The Balaban J connectivity index is 1.64. The predicted molar refractivity (Wildman–Crippen MR) is 152 cm³/mol. The van der Waals surface area contributed by atoms with Crippen LogP contribution in [0.4, 0.5) is 0 Å². The molecule has 3 heterocycles. The molecular formula is C29H28N4O9. The van der Waals surface area contributed by atoms with E-state index in [9.17, 15) is 24.3 Å². The van der Waals surface area contributed by atoms with E-state index < -0.39 is 24.2 Å². The van der Waals surface area contributed by atoms with Gasteiger partial charge in [0.15, 0.2) is 23.0 Å². The predicted octanol–water partition coefficient (Wildman–Crippen LogP) is 2.05. The van der Waals surface area contributed by atoms with Crippen LogP contribution in [0.5, 0.6) is 23.0 Å². The van der Waals surface area contributed by atoms with Gasteiger partial charge in [-0.25, -0.2) is 4.79 Å². The summed E-state index contributed by atoms with van der Waals surface area (Å²) in [4.78, 5) is 56.2. The fraction of sp³-hybridized carbons (Fsp3) is 0.276. The number of likely N-dealkylation sites (N-methyl/N-ethyl adjacent to an activating group) is 1. The van der Waals surface area contributed by atoms with E-state index in [0.29, 0.717) is 55.6 Å². The molecule has 2 aromatic carbocycles. The van der Waals surface area contributed by atoms with Crippen molar-refractivity contribution < 1.29 is 38.4 Å². The van der Waals surface area contributed by atoms with Gasteiger partial charge in [0.25, 0.3) is 5.56 Å². The zero-order valence-corrected chi connectivity index (χ0v) is 23.3. The van der Waals surface area contributed by atoms with Gasteiger partial charge in [-0.05, 0) is 18.2 Å². The molecule has 2 N–H and O–H groups in total. The molecule has 13 nitrogen and oxygen atoms in total. The van der Waals surface area contributed by atoms with Gasteiger partial charge in [0, 0.05) is 61.7 Å². The number of hydrogen-bond acceptors (Lipinski definition) is 9. The van der Waals surface area contributed by atoms with E-state index in [4.69, 9.17) is 18.9 Å². The van der Waals surface area contributed by atoms with E-state index in [-0.39, 0.29) is 31.0 Å². The number of rotatable bonds is 9. The van der Waals surface area contributed by atoms with E-state index in [2.05, 4.69) is 10.3 Å². The van der Waals surface area contributed by atoms with Crippen LogP contribution in [0.15, 0.2) is 46.9 Å². The van der Waals surface area contributed by atoms with Crippen molar-refractivity contribution in [2.24, 2.45) is 0 Å². The summed E-state index contributed by atoms with van der Waals surface area (Å²) in [6.45, 7) is 0.167. The van der Waals surface area contributed by atoms with Crippen molar-refractivity contribution in [3.8, 4) is 23.0 Å². The van der Waals surface area contributed by atoms with Crippen molar-refractivity contribution in [3.05, 3.63) is 52.5 Å². The highest BCUT2D eigenvalue weighted by atomic mass is 16.7. The van der Waals surface area contributed by atoms with Crippen molar-refractivity contribution >= 4 is 50.4 Å². The molecular weight excluding hydrogens is 548 g/mol. The maximum Gasteiger partial charge on any atom is 0.332 e. The lowest BCUT2D eigenvalue weighted by atomic mass is 10.0. The fourth-order valence-electron chi connectivity index (χ4n) is 4.86. The molecule has 0 aliphatic carbocycles. The van der Waals surface area contributed by atoms with Crippen LogP contribution < -0.4 is 29.8 Å². The smallest absolute Gasteiger partial charge is 0.332 e. The number of benzene rings is 2. The second kappa shape index (κ2) is 11.3. The molecule has 2 aromatic heterocycles. The lowest BCUT2D eigenvalue weighted by Crippen LogP contribution is -2.33. The Labute approximate surface area is 238 Å². The number of carbonyl (C=O) groups is 3. The molecule has 0 radical (unpaired) electrons. The molecule has 42 heavy (non-hydrogen) atoms. The van der Waals surface area contributed by atoms with Crippen LogP contribution in [0.1, 0.15) is 6.42 Å². The third-order valence-corrected chi connectivity index (χ3v) is 7.13. The molecule has 1 aliphatic heterocycles. The second-order valence-corrected chi connectivity index (χ2v) is 9.54. The number of aliphatic carboxylic acids is 1. The van der Waals surface area contributed by atoms with E-state index in [1.54, 1.807) is 35.0 Å². The maximum atomic E-state index is 14.0. The third-order valence-electron chi connectivity index (χ3n) is 7.13. The molecule has 0 fully saturated rings. The number of ether oxygens (including phenoxy) is 4. The van der Waals surface area contributed by atoms with Gasteiger partial charge in [0.05, 0.1) is 42.6 Å². The van der Waals surface area contributed by atoms with Crippen molar-refractivity contribution in [2.75, 3.05) is 41.7 Å². The number of carboxylic acid groups (broad SMARTS) is 1. The number of nitrogens with one attached hydrogen (secondary N) is 1. The minimum atomic E-state index is -1.38. The van der Waals surface area contributed by atoms with Gasteiger partial charge >= 0.3 is 5.97 Å². The number of aromatic nitrogens is 2. The van der Waals surface area contributed by atoms with Crippen LogP contribution in [0.3, 0.4) is 0 Å². The quantitative estimate of drug-likeness (QED) is 0.223. The summed E-state index contributed by atoms with van der Waals surface area (Å²) in [5.41, 5.74) is 0.442. The molecule has 4 aromatic rings. The number of fused-ring (bicyclic) bond motifs is 6. The molecule has 13 heteroatoms. The Hall–Kier alpha value is -5.33. The summed E-state index contributed by atoms with van der Waals surface area (Å²) in [7, 11) is 5.84. The van der Waals surface area contributed by atoms with Crippen LogP contribution in [0.2, 0.25) is 0 Å². The highest BCUT2D eigenvalue weighted by Gasteiger charge is 2.22. The fourth-order valence-corrected chi connectivity index (χ4v) is 4.86. The van der Waals surface area contributed by atoms with E-state index >= 15 is 0 Å². The first-order chi connectivity index (χ1) is 20.2. The molecule has 0 spiro atoms. The summed E-state index contributed by atoms with van der Waals surface area (Å²) in [6.07, 6.45) is 2.12. The zero-order valence-electron chi connectivity index (χ0n) is 23.3. The molecule has 0 saturated carbocycles. The third kappa shape index (κ3) is 5.00. The first-order valence-corrected chi connectivity index (χ1v) is 12.9. The highest BCUT2D eigenvalue weighted by Crippen LogP contribution is 2.40. The number of carboxylic acids is 1. The van der Waals surface area contributed by atoms with Gasteiger partial charge in [-0.1, -0.05) is 0 Å². The maximum absolute atomic E-state index is 14.0. The average molecular weight is 577 g/mol. The first-order valence-electron chi connectivity index (χ1n) is 12.9. The van der Waals surface area contributed by atoms with Gasteiger partial charge in [-0.15, -0.1) is 0 Å². The van der Waals surface area contributed by atoms with Gasteiger partial charge in [0.1, 0.15) is 0 Å². The standard InChI is InChI=1S/C29H28N4O9/c1-30-25(34)7-15(29(37)38)8-26(35)32(2)5-6-33-27-18-11-23-24(42-14-41-23)12-20(18)31-13-19(27)16-9-21(39-3)22(40-4)10-17(16)28(33)36/h8-13H,5-7,14H2,1-4H3,(H,30,34)(H,37,38)/b15-8-. The lowest BCUT2D eigenvalue weighted by Gasteiger charge is -2.20. The summed E-state index contributed by atoms with van der Waals surface area (Å²) >= 11 is 0. The normalized spacial score (nSPS) is 12.5. The monoisotopic (exact) mass is 576 g/mol. The van der Waals surface area contributed by atoms with E-state index in [0.717, 1.165) is 6.08 Å². The Morgan fingerprint density at radius 2 is 1.71 bits per heavy atom. The Morgan fingerprint density at radius 3 is 2.36 bits per heavy atom. The van der Waals surface area contributed by atoms with Gasteiger partial charge in [-0.2, -0.15) is 0 Å². The summed E-state index contributed by atoms with van der Waals surface area (Å²) in [5, 5.41) is 14.0. The van der Waals surface area contributed by atoms with Crippen LogP contribution in [0, 0.1) is 0 Å². The average Bonchev–Trinajstić information content (AvgIpc) is 3.45.